The second kappa shape index (κ2) is 5.01. The summed E-state index contributed by atoms with van der Waals surface area (Å²) in [6.45, 7) is 5.27. The van der Waals surface area contributed by atoms with Crippen LogP contribution in [0.5, 0.6) is 0 Å². The van der Waals surface area contributed by atoms with Crippen LogP contribution in [0.1, 0.15) is 24.5 Å². The Balaban J connectivity index is 3.37. The molecular weight excluding hydrogens is 243 g/mol. The van der Waals surface area contributed by atoms with Gasteiger partial charge in [-0.1, -0.05) is 6.92 Å². The zero-order valence-corrected chi connectivity index (χ0v) is 11.0. The van der Waals surface area contributed by atoms with Crippen LogP contribution in [0.3, 0.4) is 0 Å². The van der Waals surface area contributed by atoms with Crippen molar-refractivity contribution in [2.75, 3.05) is 12.3 Å². The van der Waals surface area contributed by atoms with Crippen LogP contribution in [0, 0.1) is 19.7 Å². The summed E-state index contributed by atoms with van der Waals surface area (Å²) < 4.78 is 39.8. The smallest absolute Gasteiger partial charge is 0.241 e. The van der Waals surface area contributed by atoms with Gasteiger partial charge in [-0.05, 0) is 37.5 Å². The Kier molecular flexibility index (Phi) is 4.11. The fourth-order valence-electron chi connectivity index (χ4n) is 1.65. The maximum atomic E-state index is 13.3. The monoisotopic (exact) mass is 260 g/mol. The average molecular weight is 260 g/mol. The molecule has 0 aliphatic heterocycles. The van der Waals surface area contributed by atoms with E-state index in [0.29, 0.717) is 18.5 Å². The van der Waals surface area contributed by atoms with Gasteiger partial charge in [0.05, 0.1) is 10.6 Å². The number of halogens is 1. The number of nitrogens with two attached hydrogens (primary N) is 1. The van der Waals surface area contributed by atoms with Gasteiger partial charge in [-0.3, -0.25) is 0 Å². The predicted molar refractivity (Wildman–Crippen MR) is 65.8 cm³/mol. The Morgan fingerprint density at radius 3 is 2.53 bits per heavy atom. The minimum Gasteiger partial charge on any atom is -0.396 e. The molecule has 1 aromatic rings. The highest BCUT2D eigenvalue weighted by Gasteiger charge is 2.22. The van der Waals surface area contributed by atoms with Crippen molar-refractivity contribution in [3.8, 4) is 0 Å². The molecule has 3 N–H and O–H groups in total. The summed E-state index contributed by atoms with van der Waals surface area (Å²) in [5.41, 5.74) is 6.01. The number of hydrogen-bond donors (Lipinski definition) is 2. The van der Waals surface area contributed by atoms with Gasteiger partial charge in [0.2, 0.25) is 10.0 Å². The minimum absolute atomic E-state index is 0.0739. The van der Waals surface area contributed by atoms with Gasteiger partial charge in [0.25, 0.3) is 0 Å². The van der Waals surface area contributed by atoms with Gasteiger partial charge in [0.1, 0.15) is 5.82 Å². The molecule has 1 aromatic carbocycles. The highest BCUT2D eigenvalue weighted by atomic mass is 32.2. The van der Waals surface area contributed by atoms with E-state index in [-0.39, 0.29) is 16.1 Å². The molecule has 0 aromatic heterocycles. The first-order valence-corrected chi connectivity index (χ1v) is 6.84. The van der Waals surface area contributed by atoms with Crippen molar-refractivity contribution in [2.24, 2.45) is 0 Å². The largest absolute Gasteiger partial charge is 0.396 e. The van der Waals surface area contributed by atoms with Crippen LogP contribution in [-0.4, -0.2) is 15.0 Å². The summed E-state index contributed by atoms with van der Waals surface area (Å²) >= 11 is 0. The third-order valence-corrected chi connectivity index (χ3v) is 4.26. The van der Waals surface area contributed by atoms with E-state index in [1.54, 1.807) is 6.92 Å². The van der Waals surface area contributed by atoms with Gasteiger partial charge >= 0.3 is 0 Å². The molecule has 0 aliphatic carbocycles. The molecule has 96 valence electrons. The maximum absolute atomic E-state index is 13.3. The standard InChI is InChI=1S/C11H17FN2O2S/c1-4-5-14-17(15,16)11-7(2)6-9(12)10(13)8(11)3/h6,14H,4-5,13H2,1-3H3. The third kappa shape index (κ3) is 2.76. The fraction of sp³-hybridized carbons (Fsp3) is 0.455. The second-order valence-electron chi connectivity index (χ2n) is 3.94. The lowest BCUT2D eigenvalue weighted by Crippen LogP contribution is -2.26. The van der Waals surface area contributed by atoms with E-state index in [1.165, 1.54) is 6.92 Å². The lowest BCUT2D eigenvalue weighted by atomic mass is 10.1. The second-order valence-corrected chi connectivity index (χ2v) is 5.64. The van der Waals surface area contributed by atoms with Gasteiger partial charge < -0.3 is 5.73 Å². The Bertz CT molecular complexity index is 527. The topological polar surface area (TPSA) is 72.2 Å². The predicted octanol–water partition coefficient (Wildman–Crippen LogP) is 1.71. The molecule has 0 saturated carbocycles. The SMILES string of the molecule is CCCNS(=O)(=O)c1c(C)cc(F)c(N)c1C. The van der Waals surface area contributed by atoms with E-state index in [9.17, 15) is 12.8 Å². The Labute approximate surface area is 101 Å². The Morgan fingerprint density at radius 1 is 1.41 bits per heavy atom. The summed E-state index contributed by atoms with van der Waals surface area (Å²) in [5.74, 6) is -0.588. The van der Waals surface area contributed by atoms with Crippen LogP contribution in [-0.2, 0) is 10.0 Å². The molecule has 0 fully saturated rings. The highest BCUT2D eigenvalue weighted by Crippen LogP contribution is 2.27. The molecule has 0 radical (unpaired) electrons. The molecule has 0 unspecified atom stereocenters. The molecule has 0 atom stereocenters. The highest BCUT2D eigenvalue weighted by molar-refractivity contribution is 7.89. The Hall–Kier alpha value is -1.14. The number of benzene rings is 1. The van der Waals surface area contributed by atoms with Gasteiger partial charge in [-0.25, -0.2) is 17.5 Å². The summed E-state index contributed by atoms with van der Waals surface area (Å²) in [6.07, 6.45) is 0.688. The van der Waals surface area contributed by atoms with E-state index in [1.807, 2.05) is 6.92 Å². The van der Waals surface area contributed by atoms with E-state index >= 15 is 0 Å². The molecule has 6 heteroatoms. The van der Waals surface area contributed by atoms with Gasteiger partial charge in [-0.15, -0.1) is 0 Å². The number of nitrogens with one attached hydrogen (secondary N) is 1. The molecule has 0 amide bonds. The first-order valence-electron chi connectivity index (χ1n) is 5.36. The van der Waals surface area contributed by atoms with Gasteiger partial charge in [-0.2, -0.15) is 0 Å². The van der Waals surface area contributed by atoms with Crippen molar-refractivity contribution in [1.29, 1.82) is 0 Å². The van der Waals surface area contributed by atoms with Crippen LogP contribution >= 0.6 is 0 Å². The van der Waals surface area contributed by atoms with Crippen molar-refractivity contribution >= 4 is 15.7 Å². The van der Waals surface area contributed by atoms with Crippen molar-refractivity contribution in [2.45, 2.75) is 32.1 Å². The molecule has 0 bridgehead atoms. The quantitative estimate of drug-likeness (QED) is 0.809. The van der Waals surface area contributed by atoms with Crippen molar-refractivity contribution in [1.82, 2.24) is 4.72 Å². The summed E-state index contributed by atoms with van der Waals surface area (Å²) in [6, 6.07) is 1.14. The van der Waals surface area contributed by atoms with E-state index in [2.05, 4.69) is 4.72 Å². The summed E-state index contributed by atoms with van der Waals surface area (Å²) in [4.78, 5) is 0.0739. The fourth-order valence-corrected chi connectivity index (χ4v) is 3.27. The average Bonchev–Trinajstić information content (AvgIpc) is 2.23. The minimum atomic E-state index is -3.62. The zero-order chi connectivity index (χ0) is 13.2. The molecule has 0 heterocycles. The number of sulfonamides is 1. The van der Waals surface area contributed by atoms with Crippen molar-refractivity contribution in [3.05, 3.63) is 23.0 Å². The van der Waals surface area contributed by atoms with Crippen LogP contribution in [0.15, 0.2) is 11.0 Å². The first kappa shape index (κ1) is 13.9. The first-order chi connectivity index (χ1) is 7.81. The number of hydrogen-bond acceptors (Lipinski definition) is 3. The zero-order valence-electron chi connectivity index (χ0n) is 10.2. The van der Waals surface area contributed by atoms with Crippen LogP contribution in [0.4, 0.5) is 10.1 Å². The number of anilines is 1. The van der Waals surface area contributed by atoms with E-state index < -0.39 is 15.8 Å². The number of nitrogen functional groups attached to an aromatic ring is 1. The molecule has 1 rings (SSSR count). The number of aryl methyl sites for hydroxylation is 1. The maximum Gasteiger partial charge on any atom is 0.241 e. The summed E-state index contributed by atoms with van der Waals surface area (Å²) in [5, 5.41) is 0. The molecular formula is C11H17FN2O2S. The van der Waals surface area contributed by atoms with Crippen molar-refractivity contribution < 1.29 is 12.8 Å². The molecule has 0 saturated heterocycles. The van der Waals surface area contributed by atoms with Gasteiger partial charge in [0, 0.05) is 6.54 Å². The third-order valence-electron chi connectivity index (χ3n) is 2.51. The van der Waals surface area contributed by atoms with Crippen molar-refractivity contribution in [3.63, 3.8) is 0 Å². The van der Waals surface area contributed by atoms with E-state index in [0.717, 1.165) is 6.07 Å². The van der Waals surface area contributed by atoms with Gasteiger partial charge in [0.15, 0.2) is 0 Å². The lowest BCUT2D eigenvalue weighted by molar-refractivity contribution is 0.578. The molecule has 0 aliphatic rings. The molecule has 17 heavy (non-hydrogen) atoms. The molecule has 4 nitrogen and oxygen atoms in total. The van der Waals surface area contributed by atoms with Crippen LogP contribution in [0.2, 0.25) is 0 Å². The molecule has 0 spiro atoms. The number of rotatable bonds is 4. The normalized spacial score (nSPS) is 11.8. The Morgan fingerprint density at radius 2 is 2.00 bits per heavy atom. The summed E-state index contributed by atoms with van der Waals surface area (Å²) in [7, 11) is -3.62. The van der Waals surface area contributed by atoms with Crippen LogP contribution in [0.25, 0.3) is 0 Å². The lowest BCUT2D eigenvalue weighted by Gasteiger charge is -2.14. The van der Waals surface area contributed by atoms with Crippen LogP contribution < -0.4 is 10.5 Å². The van der Waals surface area contributed by atoms with E-state index in [4.69, 9.17) is 5.73 Å².